The molecule has 0 aliphatic rings. The second-order valence-electron chi connectivity index (χ2n) is 3.04. The molecule has 0 radical (unpaired) electrons. The normalized spacial score (nSPS) is 10.3. The zero-order chi connectivity index (χ0) is 11.5. The van der Waals surface area contributed by atoms with E-state index in [1.807, 2.05) is 0 Å². The van der Waals surface area contributed by atoms with Crippen molar-refractivity contribution >= 4 is 11.6 Å². The van der Waals surface area contributed by atoms with E-state index in [-0.39, 0.29) is 5.56 Å². The highest BCUT2D eigenvalue weighted by Crippen LogP contribution is 1.97. The molecule has 2 heterocycles. The van der Waals surface area contributed by atoms with Crippen LogP contribution < -0.4 is 11.0 Å². The minimum absolute atomic E-state index is 0.0643. The van der Waals surface area contributed by atoms with Crippen LogP contribution in [0.15, 0.2) is 35.4 Å². The molecule has 16 heavy (non-hydrogen) atoms. The van der Waals surface area contributed by atoms with Crippen LogP contribution in [0.4, 0.5) is 0 Å². The van der Waals surface area contributed by atoms with Crippen molar-refractivity contribution in [3.63, 3.8) is 0 Å². The number of nitrogens with one attached hydrogen (secondary N) is 1. The zero-order valence-corrected chi connectivity index (χ0v) is 8.51. The highest BCUT2D eigenvalue weighted by atomic mass is 16.6. The van der Waals surface area contributed by atoms with E-state index in [2.05, 4.69) is 15.3 Å². The van der Waals surface area contributed by atoms with Crippen LogP contribution in [0.3, 0.4) is 0 Å². The number of amides is 1. The Balaban J connectivity index is 2.61. The lowest BCUT2D eigenvalue weighted by Gasteiger charge is -2.03. The minimum atomic E-state index is -0.613. The standard InChI is InChI=1S/C10H9N3O3/c1-16-12-9(14)7-6-11-8-4-2-3-5-13(8)10(7)15/h2-6H,1H3,(H,12,14). The van der Waals surface area contributed by atoms with Gasteiger partial charge in [-0.3, -0.25) is 18.8 Å². The maximum atomic E-state index is 11.9. The number of rotatable bonds is 2. The zero-order valence-electron chi connectivity index (χ0n) is 8.51. The summed E-state index contributed by atoms with van der Waals surface area (Å²) in [6.45, 7) is 0. The molecule has 0 bridgehead atoms. The van der Waals surface area contributed by atoms with Crippen LogP contribution >= 0.6 is 0 Å². The smallest absolute Gasteiger partial charge is 0.277 e. The molecule has 0 atom stereocenters. The molecular weight excluding hydrogens is 210 g/mol. The van der Waals surface area contributed by atoms with E-state index in [1.54, 1.807) is 24.4 Å². The van der Waals surface area contributed by atoms with Crippen LogP contribution in [-0.4, -0.2) is 22.4 Å². The van der Waals surface area contributed by atoms with Crippen molar-refractivity contribution in [3.8, 4) is 0 Å². The fraction of sp³-hybridized carbons (Fsp3) is 0.100. The Morgan fingerprint density at radius 1 is 1.50 bits per heavy atom. The van der Waals surface area contributed by atoms with Gasteiger partial charge in [-0.1, -0.05) is 6.07 Å². The lowest BCUT2D eigenvalue weighted by Crippen LogP contribution is -2.30. The molecule has 82 valence electrons. The molecule has 6 heteroatoms. The highest BCUT2D eigenvalue weighted by molar-refractivity contribution is 5.92. The lowest BCUT2D eigenvalue weighted by molar-refractivity contribution is 0.0535. The summed E-state index contributed by atoms with van der Waals surface area (Å²) in [7, 11) is 1.30. The van der Waals surface area contributed by atoms with E-state index in [0.29, 0.717) is 5.65 Å². The third-order valence-electron chi connectivity index (χ3n) is 2.05. The van der Waals surface area contributed by atoms with Gasteiger partial charge in [-0.25, -0.2) is 10.5 Å². The maximum absolute atomic E-state index is 11.9. The van der Waals surface area contributed by atoms with Crippen molar-refractivity contribution in [1.29, 1.82) is 0 Å². The van der Waals surface area contributed by atoms with Gasteiger partial charge in [-0.15, -0.1) is 0 Å². The maximum Gasteiger partial charge on any atom is 0.282 e. The topological polar surface area (TPSA) is 72.7 Å². The first-order valence-corrected chi connectivity index (χ1v) is 4.54. The van der Waals surface area contributed by atoms with Gasteiger partial charge in [0.15, 0.2) is 0 Å². The van der Waals surface area contributed by atoms with Crippen molar-refractivity contribution in [2.45, 2.75) is 0 Å². The molecule has 0 aromatic carbocycles. The van der Waals surface area contributed by atoms with E-state index in [1.165, 1.54) is 17.7 Å². The summed E-state index contributed by atoms with van der Waals surface area (Å²) in [5, 5.41) is 0. The molecule has 0 aliphatic heterocycles. The molecular formula is C10H9N3O3. The third kappa shape index (κ3) is 1.66. The Kier molecular flexibility index (Phi) is 2.65. The third-order valence-corrected chi connectivity index (χ3v) is 2.05. The number of hydroxylamine groups is 1. The van der Waals surface area contributed by atoms with E-state index in [4.69, 9.17) is 0 Å². The van der Waals surface area contributed by atoms with E-state index < -0.39 is 11.5 Å². The number of carbonyl (C=O) groups excluding carboxylic acids is 1. The van der Waals surface area contributed by atoms with Gasteiger partial charge in [0.05, 0.1) is 7.11 Å². The average Bonchev–Trinajstić information content (AvgIpc) is 2.30. The highest BCUT2D eigenvalue weighted by Gasteiger charge is 2.12. The Morgan fingerprint density at radius 2 is 2.31 bits per heavy atom. The number of fused-ring (bicyclic) bond motifs is 1. The fourth-order valence-electron chi connectivity index (χ4n) is 1.33. The quantitative estimate of drug-likeness (QED) is 0.721. The van der Waals surface area contributed by atoms with Gasteiger partial charge in [0.2, 0.25) is 0 Å². The molecule has 2 aromatic heterocycles. The first-order valence-electron chi connectivity index (χ1n) is 4.54. The summed E-state index contributed by atoms with van der Waals surface area (Å²) in [5.41, 5.74) is 2.07. The van der Waals surface area contributed by atoms with Crippen molar-refractivity contribution in [1.82, 2.24) is 14.9 Å². The molecule has 1 N–H and O–H groups in total. The Hall–Kier alpha value is -2.21. The van der Waals surface area contributed by atoms with Crippen LogP contribution in [0.1, 0.15) is 10.4 Å². The molecule has 0 saturated carbocycles. The first-order chi connectivity index (χ1) is 7.74. The first kappa shape index (κ1) is 10.3. The summed E-state index contributed by atoms with van der Waals surface area (Å²) >= 11 is 0. The second-order valence-corrected chi connectivity index (χ2v) is 3.04. The van der Waals surface area contributed by atoms with Gasteiger partial charge in [-0.2, -0.15) is 0 Å². The van der Waals surface area contributed by atoms with Gasteiger partial charge >= 0.3 is 0 Å². The Morgan fingerprint density at radius 3 is 3.06 bits per heavy atom. The van der Waals surface area contributed by atoms with Gasteiger partial charge < -0.3 is 0 Å². The Labute approximate surface area is 90.5 Å². The molecule has 0 unspecified atom stereocenters. The van der Waals surface area contributed by atoms with Crippen LogP contribution in [0.5, 0.6) is 0 Å². The van der Waals surface area contributed by atoms with Crippen molar-refractivity contribution in [2.75, 3.05) is 7.11 Å². The number of carbonyl (C=O) groups is 1. The monoisotopic (exact) mass is 219 g/mol. The molecule has 2 rings (SSSR count). The minimum Gasteiger partial charge on any atom is -0.277 e. The molecule has 0 spiro atoms. The number of hydrogen-bond acceptors (Lipinski definition) is 4. The largest absolute Gasteiger partial charge is 0.282 e. The summed E-state index contributed by atoms with van der Waals surface area (Å²) in [4.78, 5) is 31.7. The predicted octanol–water partition coefficient (Wildman–Crippen LogP) is -0.0143. The van der Waals surface area contributed by atoms with E-state index in [0.717, 1.165) is 0 Å². The number of pyridine rings is 1. The van der Waals surface area contributed by atoms with Crippen molar-refractivity contribution < 1.29 is 9.63 Å². The van der Waals surface area contributed by atoms with Crippen LogP contribution in [-0.2, 0) is 4.84 Å². The van der Waals surface area contributed by atoms with Gasteiger partial charge in [0, 0.05) is 12.4 Å². The van der Waals surface area contributed by atoms with Crippen molar-refractivity contribution in [2.24, 2.45) is 0 Å². The SMILES string of the molecule is CONC(=O)c1cnc2ccccn2c1=O. The average molecular weight is 219 g/mol. The van der Waals surface area contributed by atoms with Gasteiger partial charge in [-0.05, 0) is 12.1 Å². The second kappa shape index (κ2) is 4.11. The molecule has 0 fully saturated rings. The molecule has 6 nitrogen and oxygen atoms in total. The molecule has 2 aromatic rings. The van der Waals surface area contributed by atoms with Crippen LogP contribution in [0, 0.1) is 0 Å². The number of aromatic nitrogens is 2. The van der Waals surface area contributed by atoms with Crippen molar-refractivity contribution in [3.05, 3.63) is 46.5 Å². The molecule has 0 aliphatic carbocycles. The van der Waals surface area contributed by atoms with E-state index in [9.17, 15) is 9.59 Å². The summed E-state index contributed by atoms with van der Waals surface area (Å²) in [6, 6.07) is 5.13. The lowest BCUT2D eigenvalue weighted by atomic mass is 10.3. The molecule has 1 amide bonds. The fourth-order valence-corrected chi connectivity index (χ4v) is 1.33. The van der Waals surface area contributed by atoms with Gasteiger partial charge in [0.1, 0.15) is 11.2 Å². The number of hydrogen-bond donors (Lipinski definition) is 1. The van der Waals surface area contributed by atoms with Crippen LogP contribution in [0.2, 0.25) is 0 Å². The summed E-state index contributed by atoms with van der Waals surface area (Å²) < 4.78 is 1.30. The van der Waals surface area contributed by atoms with E-state index >= 15 is 0 Å². The summed E-state index contributed by atoms with van der Waals surface area (Å²) in [5.74, 6) is -0.613. The Bertz CT molecular complexity index is 591. The number of nitrogens with zero attached hydrogens (tertiary/aromatic N) is 2. The van der Waals surface area contributed by atoms with Gasteiger partial charge in [0.25, 0.3) is 11.5 Å². The van der Waals surface area contributed by atoms with Crippen LogP contribution in [0.25, 0.3) is 5.65 Å². The predicted molar refractivity (Wildman–Crippen MR) is 55.9 cm³/mol. The summed E-state index contributed by atoms with van der Waals surface area (Å²) in [6.07, 6.45) is 2.78. The molecule has 0 saturated heterocycles.